The molecule has 5 atom stereocenters. The summed E-state index contributed by atoms with van der Waals surface area (Å²) in [7, 11) is -4.19. The summed E-state index contributed by atoms with van der Waals surface area (Å²) in [5.74, 6) is -3.65. The summed E-state index contributed by atoms with van der Waals surface area (Å²) in [6, 6.07) is 0. The molecule has 0 aromatic rings. The van der Waals surface area contributed by atoms with E-state index in [4.69, 9.17) is 23.7 Å². The standard InChI is InChI=1S/C25H40O11S/c1-7-8-9-10-11-12-13-16(2)15-37(30,31)25-24(35-20(6)29)23(34-19(5)28)22(33-18(4)27)21(36-25)14-32-17(3)26/h21-25H,2,7-15H2,1,3-6H3/t21-,22-,23?,24-,25?/m1/s1. The lowest BCUT2D eigenvalue weighted by Crippen LogP contribution is -2.64. The summed E-state index contributed by atoms with van der Waals surface area (Å²) in [4.78, 5) is 47.0. The summed E-state index contributed by atoms with van der Waals surface area (Å²) in [5, 5.41) is 0. The smallest absolute Gasteiger partial charge is 0.303 e. The van der Waals surface area contributed by atoms with E-state index >= 15 is 0 Å². The van der Waals surface area contributed by atoms with E-state index < -0.39 is 75.9 Å². The molecule has 0 aromatic heterocycles. The Morgan fingerprint density at radius 1 is 0.757 bits per heavy atom. The van der Waals surface area contributed by atoms with E-state index in [-0.39, 0.29) is 0 Å². The largest absolute Gasteiger partial charge is 0.463 e. The van der Waals surface area contributed by atoms with Gasteiger partial charge in [-0.25, -0.2) is 8.42 Å². The Balaban J connectivity index is 3.24. The van der Waals surface area contributed by atoms with Crippen LogP contribution in [0.3, 0.4) is 0 Å². The number of carbonyl (C=O) groups excluding carboxylic acids is 4. The monoisotopic (exact) mass is 548 g/mol. The molecule has 1 fully saturated rings. The Morgan fingerprint density at radius 3 is 1.81 bits per heavy atom. The Morgan fingerprint density at radius 2 is 1.27 bits per heavy atom. The third-order valence-corrected chi connectivity index (χ3v) is 7.49. The Hall–Kier alpha value is -2.47. The summed E-state index contributed by atoms with van der Waals surface area (Å²) in [5.41, 5.74) is -1.35. The molecule has 11 nitrogen and oxygen atoms in total. The summed E-state index contributed by atoms with van der Waals surface area (Å²) in [6.45, 7) is 9.86. The van der Waals surface area contributed by atoms with Crippen molar-refractivity contribution in [2.45, 2.75) is 109 Å². The molecule has 2 unspecified atom stereocenters. The second-order valence-electron chi connectivity index (χ2n) is 9.14. The number of sulfone groups is 1. The number of hydrogen-bond donors (Lipinski definition) is 0. The van der Waals surface area contributed by atoms with Crippen LogP contribution in [0, 0.1) is 0 Å². The van der Waals surface area contributed by atoms with Gasteiger partial charge in [0.15, 0.2) is 33.6 Å². The summed E-state index contributed by atoms with van der Waals surface area (Å²) in [6.07, 6.45) is 0.722. The van der Waals surface area contributed by atoms with E-state index in [9.17, 15) is 27.6 Å². The minimum atomic E-state index is -4.19. The van der Waals surface area contributed by atoms with Crippen molar-refractivity contribution in [3.05, 3.63) is 12.2 Å². The Bertz CT molecular complexity index is 912. The molecule has 0 aliphatic carbocycles. The zero-order chi connectivity index (χ0) is 28.2. The van der Waals surface area contributed by atoms with Crippen LogP contribution >= 0.6 is 0 Å². The number of ether oxygens (including phenoxy) is 5. The zero-order valence-corrected chi connectivity index (χ0v) is 23.2. The number of rotatable bonds is 15. The zero-order valence-electron chi connectivity index (χ0n) is 22.4. The number of carbonyl (C=O) groups is 4. The van der Waals surface area contributed by atoms with Gasteiger partial charge in [-0.1, -0.05) is 51.2 Å². The first-order valence-electron chi connectivity index (χ1n) is 12.5. The third-order valence-electron chi connectivity index (χ3n) is 5.59. The van der Waals surface area contributed by atoms with Crippen molar-refractivity contribution >= 4 is 33.7 Å². The van der Waals surface area contributed by atoms with Gasteiger partial charge in [-0.2, -0.15) is 0 Å². The fourth-order valence-electron chi connectivity index (χ4n) is 4.07. The van der Waals surface area contributed by atoms with Crippen molar-refractivity contribution in [2.75, 3.05) is 12.4 Å². The van der Waals surface area contributed by atoms with Crippen LogP contribution in [0.4, 0.5) is 0 Å². The second kappa shape index (κ2) is 15.7. The molecule has 0 aromatic carbocycles. The third kappa shape index (κ3) is 11.6. The molecule has 1 heterocycles. The van der Waals surface area contributed by atoms with E-state index in [1.807, 2.05) is 0 Å². The molecular weight excluding hydrogens is 508 g/mol. The Labute approximate surface area is 219 Å². The second-order valence-corrected chi connectivity index (χ2v) is 11.2. The maximum atomic E-state index is 13.5. The highest BCUT2D eigenvalue weighted by atomic mass is 32.2. The van der Waals surface area contributed by atoms with Crippen LogP contribution in [-0.4, -0.2) is 74.5 Å². The van der Waals surface area contributed by atoms with Crippen LogP contribution in [0.2, 0.25) is 0 Å². The van der Waals surface area contributed by atoms with Gasteiger partial charge < -0.3 is 23.7 Å². The van der Waals surface area contributed by atoms with Gasteiger partial charge in [-0.15, -0.1) is 0 Å². The fraction of sp³-hybridized carbons (Fsp3) is 0.760. The average molecular weight is 549 g/mol. The summed E-state index contributed by atoms with van der Waals surface area (Å²) < 4.78 is 53.5. The lowest BCUT2D eigenvalue weighted by Gasteiger charge is -2.44. The molecule has 1 aliphatic rings. The van der Waals surface area contributed by atoms with Gasteiger partial charge in [0.05, 0.1) is 5.75 Å². The van der Waals surface area contributed by atoms with Gasteiger partial charge in [0, 0.05) is 27.7 Å². The molecule has 0 saturated carbocycles. The fourth-order valence-corrected chi connectivity index (χ4v) is 5.88. The SMILES string of the molecule is C=C(CCCCCCCC)CS(=O)(=O)C1O[C@H](COC(C)=O)[C@@H](OC(C)=O)C(OC(C)=O)[C@H]1OC(C)=O. The quantitative estimate of drug-likeness (QED) is 0.129. The lowest BCUT2D eigenvalue weighted by molar-refractivity contribution is -0.238. The highest BCUT2D eigenvalue weighted by Gasteiger charge is 2.56. The van der Waals surface area contributed by atoms with Gasteiger partial charge in [0.2, 0.25) is 0 Å². The number of hydrogen-bond acceptors (Lipinski definition) is 11. The highest BCUT2D eigenvalue weighted by Crippen LogP contribution is 2.33. The van der Waals surface area contributed by atoms with Crippen molar-refractivity contribution in [3.8, 4) is 0 Å². The molecule has 0 spiro atoms. The average Bonchev–Trinajstić information content (AvgIpc) is 2.76. The van der Waals surface area contributed by atoms with Crippen molar-refractivity contribution in [1.29, 1.82) is 0 Å². The summed E-state index contributed by atoms with van der Waals surface area (Å²) >= 11 is 0. The van der Waals surface area contributed by atoms with Crippen LogP contribution < -0.4 is 0 Å². The maximum Gasteiger partial charge on any atom is 0.303 e. The minimum absolute atomic E-state index is 0.448. The highest BCUT2D eigenvalue weighted by molar-refractivity contribution is 7.92. The van der Waals surface area contributed by atoms with E-state index in [1.165, 1.54) is 0 Å². The Kier molecular flexibility index (Phi) is 13.8. The molecule has 0 N–H and O–H groups in total. The molecule has 0 radical (unpaired) electrons. The maximum absolute atomic E-state index is 13.5. The van der Waals surface area contributed by atoms with Gasteiger partial charge >= 0.3 is 23.9 Å². The first-order valence-corrected chi connectivity index (χ1v) is 14.2. The minimum Gasteiger partial charge on any atom is -0.463 e. The predicted octanol–water partition coefficient (Wildman–Crippen LogP) is 2.79. The first kappa shape index (κ1) is 32.6. The predicted molar refractivity (Wildman–Crippen MR) is 133 cm³/mol. The van der Waals surface area contributed by atoms with Crippen molar-refractivity contribution in [2.24, 2.45) is 0 Å². The van der Waals surface area contributed by atoms with Crippen molar-refractivity contribution < 1.29 is 51.3 Å². The molecule has 12 heteroatoms. The molecule has 1 rings (SSSR count). The molecule has 212 valence electrons. The first-order chi connectivity index (χ1) is 17.3. The van der Waals surface area contributed by atoms with E-state index in [2.05, 4.69) is 13.5 Å². The van der Waals surface area contributed by atoms with Gasteiger partial charge in [0.1, 0.15) is 12.7 Å². The molecule has 1 saturated heterocycles. The van der Waals surface area contributed by atoms with Gasteiger partial charge in [0.25, 0.3) is 0 Å². The van der Waals surface area contributed by atoms with Crippen LogP contribution in [-0.2, 0) is 52.7 Å². The van der Waals surface area contributed by atoms with Crippen LogP contribution in [0.1, 0.15) is 79.6 Å². The van der Waals surface area contributed by atoms with Gasteiger partial charge in [-0.05, 0) is 12.8 Å². The van der Waals surface area contributed by atoms with Crippen LogP contribution in [0.5, 0.6) is 0 Å². The van der Waals surface area contributed by atoms with Crippen LogP contribution in [0.25, 0.3) is 0 Å². The number of esters is 4. The molecule has 0 bridgehead atoms. The molecule has 1 aliphatic heterocycles. The van der Waals surface area contributed by atoms with E-state index in [1.54, 1.807) is 0 Å². The molecule has 0 amide bonds. The molecule has 37 heavy (non-hydrogen) atoms. The van der Waals surface area contributed by atoms with Crippen LogP contribution in [0.15, 0.2) is 12.2 Å². The van der Waals surface area contributed by atoms with E-state index in [0.29, 0.717) is 12.0 Å². The molecular formula is C25H40O11S. The number of unbranched alkanes of at least 4 members (excludes halogenated alkanes) is 5. The normalized spacial score (nSPS) is 23.5. The topological polar surface area (TPSA) is 149 Å². The van der Waals surface area contributed by atoms with Gasteiger partial charge in [-0.3, -0.25) is 19.2 Å². The van der Waals surface area contributed by atoms with Crippen molar-refractivity contribution in [3.63, 3.8) is 0 Å². The van der Waals surface area contributed by atoms with Crippen molar-refractivity contribution in [1.82, 2.24) is 0 Å². The lowest BCUT2D eigenvalue weighted by atomic mass is 9.99. The van der Waals surface area contributed by atoms with E-state index in [0.717, 1.165) is 66.2 Å².